The van der Waals surface area contributed by atoms with Crippen LogP contribution in [0.5, 0.6) is 23.0 Å². The van der Waals surface area contributed by atoms with Crippen LogP contribution in [0.4, 0.5) is 9.52 Å². The third-order valence-corrected chi connectivity index (χ3v) is 9.51. The van der Waals surface area contributed by atoms with Gasteiger partial charge in [-0.05, 0) is 61.3 Å². The van der Waals surface area contributed by atoms with Crippen molar-refractivity contribution in [3.05, 3.63) is 87.1 Å². The predicted octanol–water partition coefficient (Wildman–Crippen LogP) is 6.40. The van der Waals surface area contributed by atoms with Gasteiger partial charge in [-0.3, -0.25) is 4.79 Å². The molecule has 0 bridgehead atoms. The van der Waals surface area contributed by atoms with Gasteiger partial charge in [0, 0.05) is 34.3 Å². The van der Waals surface area contributed by atoms with Crippen LogP contribution in [0.2, 0.25) is 10.0 Å². The molecule has 0 saturated carbocycles. The molecule has 1 aromatic heterocycles. The summed E-state index contributed by atoms with van der Waals surface area (Å²) < 4.78 is 61.1. The van der Waals surface area contributed by atoms with Crippen molar-refractivity contribution >= 4 is 55.7 Å². The van der Waals surface area contributed by atoms with Crippen molar-refractivity contribution in [3.63, 3.8) is 0 Å². The highest BCUT2D eigenvalue weighted by Crippen LogP contribution is 2.38. The molecule has 15 heteroatoms. The molecule has 234 valence electrons. The Labute approximate surface area is 268 Å². The molecule has 3 aromatic carbocycles. The molecule has 1 heterocycles. The summed E-state index contributed by atoms with van der Waals surface area (Å²) in [6, 6.07) is 11.7. The highest BCUT2D eigenvalue weighted by Gasteiger charge is 2.32. The van der Waals surface area contributed by atoms with E-state index in [1.54, 1.807) is 41.8 Å². The van der Waals surface area contributed by atoms with Crippen LogP contribution < -0.4 is 23.8 Å². The fourth-order valence-electron chi connectivity index (χ4n) is 4.20. The smallest absolute Gasteiger partial charge is 0.317 e. The normalized spacial score (nSPS) is 11.3. The molecule has 10 nitrogen and oxygen atoms in total. The molecule has 0 unspecified atom stereocenters. The van der Waals surface area contributed by atoms with E-state index >= 15 is 4.39 Å². The number of anilines is 1. The second kappa shape index (κ2) is 14.9. The van der Waals surface area contributed by atoms with Gasteiger partial charge in [0.15, 0.2) is 5.13 Å². The Morgan fingerprint density at radius 1 is 1.05 bits per heavy atom. The molecule has 0 atom stereocenters. The minimum atomic E-state index is -4.53. The van der Waals surface area contributed by atoms with Gasteiger partial charge in [0.05, 0.1) is 32.3 Å². The largest absolute Gasteiger partial charge is 0.497 e. The topological polar surface area (TPSA) is 127 Å². The standard InChI is InChI=1S/C29H28Cl2FN3O7S2/c1-40-21-7-5-19(25(13-21)41-2)17-35(29-34-10-11-43-29)44(38,39)27-14-22(31)26(15-23(27)32)42-24-8-6-20(30)12-18(24)4-3-9-33-16-28(36)37/h5-8,10-15,33H,3-4,9,16-17H2,1-2H3,(H,36,37). The number of aryl methyl sites for hydroxylation is 1. The maximum Gasteiger partial charge on any atom is 0.317 e. The zero-order chi connectivity index (χ0) is 31.9. The number of methoxy groups -OCH3 is 2. The van der Waals surface area contributed by atoms with Crippen molar-refractivity contribution in [1.82, 2.24) is 10.3 Å². The Bertz CT molecular complexity index is 1720. The van der Waals surface area contributed by atoms with Crippen LogP contribution in [-0.4, -0.2) is 51.8 Å². The van der Waals surface area contributed by atoms with Crippen molar-refractivity contribution in [3.8, 4) is 23.0 Å². The zero-order valence-corrected chi connectivity index (χ0v) is 26.7. The number of thiazole rings is 1. The molecule has 4 rings (SSSR count). The number of nitrogens with zero attached hydrogens (tertiary/aromatic N) is 2. The van der Waals surface area contributed by atoms with Crippen LogP contribution >= 0.6 is 34.5 Å². The van der Waals surface area contributed by atoms with E-state index < -0.39 is 26.7 Å². The second-order valence-corrected chi connectivity index (χ2v) is 12.8. The Hall–Kier alpha value is -3.62. The number of benzene rings is 3. The Kier molecular flexibility index (Phi) is 11.3. The molecule has 44 heavy (non-hydrogen) atoms. The lowest BCUT2D eigenvalue weighted by Gasteiger charge is -2.23. The lowest BCUT2D eigenvalue weighted by atomic mass is 10.1. The molecule has 0 saturated heterocycles. The first kappa shape index (κ1) is 33.3. The lowest BCUT2D eigenvalue weighted by Crippen LogP contribution is -2.31. The minimum Gasteiger partial charge on any atom is -0.497 e. The number of hydrogen-bond acceptors (Lipinski definition) is 9. The van der Waals surface area contributed by atoms with E-state index in [1.807, 2.05) is 0 Å². The molecular formula is C29H28Cl2FN3O7S2. The van der Waals surface area contributed by atoms with Crippen molar-refractivity contribution in [2.75, 3.05) is 31.6 Å². The average molecular weight is 685 g/mol. The van der Waals surface area contributed by atoms with E-state index in [-0.39, 0.29) is 29.0 Å². The van der Waals surface area contributed by atoms with Gasteiger partial charge >= 0.3 is 5.97 Å². The van der Waals surface area contributed by atoms with Gasteiger partial charge in [-0.25, -0.2) is 22.1 Å². The number of sulfonamides is 1. The molecule has 0 aliphatic carbocycles. The van der Waals surface area contributed by atoms with Crippen LogP contribution in [-0.2, 0) is 27.8 Å². The molecule has 0 fully saturated rings. The zero-order valence-electron chi connectivity index (χ0n) is 23.6. The molecule has 0 radical (unpaired) electrons. The van der Waals surface area contributed by atoms with Gasteiger partial charge in [0.25, 0.3) is 10.0 Å². The fourth-order valence-corrected chi connectivity index (χ4v) is 7.00. The summed E-state index contributed by atoms with van der Waals surface area (Å²) in [6.07, 6.45) is 2.47. The molecule has 2 N–H and O–H groups in total. The number of carboxylic acid groups (broad SMARTS) is 1. The van der Waals surface area contributed by atoms with Gasteiger partial charge in [-0.1, -0.05) is 23.2 Å². The van der Waals surface area contributed by atoms with E-state index in [0.29, 0.717) is 52.8 Å². The van der Waals surface area contributed by atoms with E-state index in [9.17, 15) is 13.2 Å². The van der Waals surface area contributed by atoms with Crippen molar-refractivity contribution in [1.29, 1.82) is 0 Å². The minimum absolute atomic E-state index is 0.103. The van der Waals surface area contributed by atoms with Gasteiger partial charge in [-0.15, -0.1) is 11.3 Å². The van der Waals surface area contributed by atoms with E-state index in [1.165, 1.54) is 20.4 Å². The maximum absolute atomic E-state index is 15.7. The van der Waals surface area contributed by atoms with E-state index in [2.05, 4.69) is 10.3 Å². The first-order valence-corrected chi connectivity index (χ1v) is 16.1. The molecule has 0 amide bonds. The Balaban J connectivity index is 1.63. The van der Waals surface area contributed by atoms with Crippen LogP contribution in [0.1, 0.15) is 17.5 Å². The number of nitrogens with one attached hydrogen (secondary N) is 1. The van der Waals surface area contributed by atoms with Gasteiger partial charge in [0.1, 0.15) is 33.7 Å². The van der Waals surface area contributed by atoms with Crippen LogP contribution in [0.25, 0.3) is 0 Å². The van der Waals surface area contributed by atoms with Crippen LogP contribution in [0.15, 0.2) is 65.0 Å². The molecular weight excluding hydrogens is 656 g/mol. The second-order valence-electron chi connectivity index (χ2n) is 9.25. The van der Waals surface area contributed by atoms with Gasteiger partial charge in [-0.2, -0.15) is 0 Å². The van der Waals surface area contributed by atoms with Crippen molar-refractivity contribution in [2.45, 2.75) is 24.3 Å². The number of rotatable bonds is 15. The first-order chi connectivity index (χ1) is 21.0. The summed E-state index contributed by atoms with van der Waals surface area (Å²) >= 11 is 13.7. The predicted molar refractivity (Wildman–Crippen MR) is 167 cm³/mol. The number of ether oxygens (including phenoxy) is 3. The molecule has 0 aliphatic heterocycles. The Morgan fingerprint density at radius 3 is 2.52 bits per heavy atom. The highest BCUT2D eigenvalue weighted by atomic mass is 35.5. The highest BCUT2D eigenvalue weighted by molar-refractivity contribution is 7.93. The molecule has 0 spiro atoms. The van der Waals surface area contributed by atoms with Gasteiger partial charge in [0.2, 0.25) is 0 Å². The third kappa shape index (κ3) is 8.10. The quantitative estimate of drug-likeness (QED) is 0.137. The average Bonchev–Trinajstić information content (AvgIpc) is 3.52. The fraction of sp³-hybridized carbons (Fsp3) is 0.241. The monoisotopic (exact) mass is 683 g/mol. The molecule has 0 aliphatic rings. The summed E-state index contributed by atoms with van der Waals surface area (Å²) in [5.74, 6) is -0.926. The number of carbonyl (C=O) groups is 1. The summed E-state index contributed by atoms with van der Waals surface area (Å²) in [6.45, 7) is 0.0443. The van der Waals surface area contributed by atoms with E-state index in [4.69, 9.17) is 42.5 Å². The Morgan fingerprint density at radius 2 is 1.84 bits per heavy atom. The first-order valence-electron chi connectivity index (χ1n) is 13.0. The number of carboxylic acids is 1. The number of aliphatic carboxylic acids is 1. The summed E-state index contributed by atoms with van der Waals surface area (Å²) in [7, 11) is -1.59. The molecule has 4 aromatic rings. The third-order valence-electron chi connectivity index (χ3n) is 6.31. The summed E-state index contributed by atoms with van der Waals surface area (Å²) in [5.41, 5.74) is 1.16. The number of aromatic nitrogens is 1. The van der Waals surface area contributed by atoms with Crippen LogP contribution in [0, 0.1) is 5.82 Å². The number of halogens is 3. The van der Waals surface area contributed by atoms with Crippen LogP contribution in [0.3, 0.4) is 0 Å². The van der Waals surface area contributed by atoms with Gasteiger partial charge < -0.3 is 24.6 Å². The number of hydrogen-bond donors (Lipinski definition) is 2. The summed E-state index contributed by atoms with van der Waals surface area (Å²) in [4.78, 5) is 14.2. The van der Waals surface area contributed by atoms with Crippen molar-refractivity contribution < 1.29 is 36.9 Å². The summed E-state index contributed by atoms with van der Waals surface area (Å²) in [5, 5.41) is 13.6. The van der Waals surface area contributed by atoms with Crippen molar-refractivity contribution in [2.24, 2.45) is 0 Å². The SMILES string of the molecule is COc1ccc(CN(c2nccs2)S(=O)(=O)c2cc(Cl)c(Oc3ccc(Cl)cc3CCCNCC(=O)O)cc2F)c(OC)c1. The van der Waals surface area contributed by atoms with E-state index in [0.717, 1.165) is 27.8 Å². The maximum atomic E-state index is 15.7. The lowest BCUT2D eigenvalue weighted by molar-refractivity contribution is -0.135.